The number of amides is 2. The predicted molar refractivity (Wildman–Crippen MR) is 114 cm³/mol. The number of rotatable bonds is 6. The van der Waals surface area contributed by atoms with E-state index in [-0.39, 0.29) is 31.0 Å². The van der Waals surface area contributed by atoms with E-state index in [1.54, 1.807) is 6.08 Å². The van der Waals surface area contributed by atoms with Crippen LogP contribution in [0.3, 0.4) is 0 Å². The molecule has 2 amide bonds. The first-order valence-electron chi connectivity index (χ1n) is 8.50. The number of anilines is 1. The molecule has 1 N–H and O–H groups in total. The number of benzene rings is 1. The van der Waals surface area contributed by atoms with Crippen molar-refractivity contribution in [3.8, 4) is 0 Å². The molecule has 1 aromatic heterocycles. The molecule has 0 spiro atoms. The average molecular weight is 457 g/mol. The molecule has 0 radical (unpaired) electrons. The normalized spacial score (nSPS) is 16.0. The molecule has 0 saturated carbocycles. The Balaban J connectivity index is 1.55. The minimum Gasteiger partial charge on any atom is -0.326 e. The third kappa shape index (κ3) is 5.46. The third-order valence-corrected chi connectivity index (χ3v) is 6.18. The van der Waals surface area contributed by atoms with Crippen LogP contribution in [0, 0.1) is 0 Å². The number of carbonyl (C=O) groups is 2. The van der Waals surface area contributed by atoms with Crippen LogP contribution < -0.4 is 5.32 Å². The lowest BCUT2D eigenvalue weighted by atomic mass is 10.1. The van der Waals surface area contributed by atoms with Crippen molar-refractivity contribution in [2.24, 2.45) is 0 Å². The summed E-state index contributed by atoms with van der Waals surface area (Å²) in [6, 6.07) is 8.57. The molecule has 1 fully saturated rings. The maximum absolute atomic E-state index is 13.0. The Kier molecular flexibility index (Phi) is 6.76. The Morgan fingerprint density at radius 1 is 1.21 bits per heavy atom. The molecule has 2 heterocycles. The molecule has 0 aliphatic carbocycles. The van der Waals surface area contributed by atoms with Gasteiger partial charge in [-0.2, -0.15) is 13.2 Å². The van der Waals surface area contributed by atoms with Gasteiger partial charge in [-0.3, -0.25) is 14.5 Å². The van der Waals surface area contributed by atoms with E-state index in [0.717, 1.165) is 10.9 Å². The zero-order chi connectivity index (χ0) is 21.0. The van der Waals surface area contributed by atoms with E-state index in [1.807, 2.05) is 17.5 Å². The molecule has 152 valence electrons. The molecule has 0 bridgehead atoms. The summed E-state index contributed by atoms with van der Waals surface area (Å²) in [6.45, 7) is 0.223. The van der Waals surface area contributed by atoms with Crippen molar-refractivity contribution < 1.29 is 22.8 Å². The zero-order valence-electron chi connectivity index (χ0n) is 14.9. The highest BCUT2D eigenvalue weighted by Gasteiger charge is 2.34. The number of carbonyl (C=O) groups excluding carboxylic acids is 2. The Hall–Kier alpha value is -2.17. The van der Waals surface area contributed by atoms with Crippen molar-refractivity contribution in [1.29, 1.82) is 0 Å². The van der Waals surface area contributed by atoms with Crippen LogP contribution in [-0.2, 0) is 15.8 Å². The fourth-order valence-corrected chi connectivity index (χ4v) is 4.68. The number of alkyl halides is 3. The van der Waals surface area contributed by atoms with E-state index < -0.39 is 17.6 Å². The van der Waals surface area contributed by atoms with Crippen LogP contribution in [0.5, 0.6) is 0 Å². The SMILES string of the molecule is O=C(CCCN1C(=O)/C(=C/c2cccs2)SC1=S)Nc1ccccc1C(F)(F)F. The third-order valence-electron chi connectivity index (χ3n) is 3.98. The van der Waals surface area contributed by atoms with Crippen LogP contribution in [-0.4, -0.2) is 27.6 Å². The van der Waals surface area contributed by atoms with Crippen molar-refractivity contribution in [3.05, 3.63) is 57.1 Å². The van der Waals surface area contributed by atoms with Gasteiger partial charge < -0.3 is 5.32 Å². The highest BCUT2D eigenvalue weighted by atomic mass is 32.2. The molecule has 4 nitrogen and oxygen atoms in total. The van der Waals surface area contributed by atoms with Crippen molar-refractivity contribution >= 4 is 63.2 Å². The lowest BCUT2D eigenvalue weighted by Crippen LogP contribution is -2.29. The highest BCUT2D eigenvalue weighted by molar-refractivity contribution is 8.26. The van der Waals surface area contributed by atoms with Crippen molar-refractivity contribution in [2.45, 2.75) is 19.0 Å². The first-order chi connectivity index (χ1) is 13.8. The Morgan fingerprint density at radius 3 is 2.66 bits per heavy atom. The monoisotopic (exact) mass is 456 g/mol. The van der Waals surface area contributed by atoms with Gasteiger partial charge in [0, 0.05) is 17.8 Å². The molecule has 1 aliphatic heterocycles. The molecule has 10 heteroatoms. The quantitative estimate of drug-likeness (QED) is 0.468. The minimum absolute atomic E-state index is 0.0345. The molecular weight excluding hydrogens is 441 g/mol. The molecule has 29 heavy (non-hydrogen) atoms. The van der Waals surface area contributed by atoms with Gasteiger partial charge in [0.25, 0.3) is 5.91 Å². The van der Waals surface area contributed by atoms with Gasteiger partial charge >= 0.3 is 6.18 Å². The van der Waals surface area contributed by atoms with Gasteiger partial charge in [-0.25, -0.2) is 0 Å². The average Bonchev–Trinajstić information content (AvgIpc) is 3.25. The summed E-state index contributed by atoms with van der Waals surface area (Å²) < 4.78 is 39.4. The van der Waals surface area contributed by atoms with Crippen LogP contribution in [0.25, 0.3) is 6.08 Å². The van der Waals surface area contributed by atoms with Gasteiger partial charge in [-0.05, 0) is 36.1 Å². The number of halogens is 3. The number of para-hydroxylation sites is 1. The molecule has 2 aromatic rings. The molecular formula is C19H15F3N2O2S3. The fraction of sp³-hybridized carbons (Fsp3) is 0.211. The smallest absolute Gasteiger partial charge is 0.326 e. The van der Waals surface area contributed by atoms with Crippen molar-refractivity contribution in [1.82, 2.24) is 4.90 Å². The maximum Gasteiger partial charge on any atom is 0.418 e. The van der Waals surface area contributed by atoms with Gasteiger partial charge in [0.05, 0.1) is 16.2 Å². The Morgan fingerprint density at radius 2 is 1.97 bits per heavy atom. The maximum atomic E-state index is 13.0. The minimum atomic E-state index is -4.56. The Labute approximate surface area is 178 Å². The van der Waals surface area contributed by atoms with Crippen LogP contribution in [0.2, 0.25) is 0 Å². The van der Waals surface area contributed by atoms with Crippen LogP contribution >= 0.6 is 35.3 Å². The zero-order valence-corrected chi connectivity index (χ0v) is 17.3. The molecule has 1 aromatic carbocycles. The van der Waals surface area contributed by atoms with Crippen LogP contribution in [0.15, 0.2) is 46.7 Å². The fourth-order valence-electron chi connectivity index (χ4n) is 2.65. The van der Waals surface area contributed by atoms with Crippen LogP contribution in [0.1, 0.15) is 23.3 Å². The summed E-state index contributed by atoms with van der Waals surface area (Å²) in [7, 11) is 0. The lowest BCUT2D eigenvalue weighted by molar-refractivity contribution is -0.137. The summed E-state index contributed by atoms with van der Waals surface area (Å²) in [4.78, 5) is 27.4. The van der Waals surface area contributed by atoms with E-state index in [0.29, 0.717) is 9.23 Å². The number of hydrogen-bond donors (Lipinski definition) is 1. The second-order valence-electron chi connectivity index (χ2n) is 6.04. The van der Waals surface area contributed by atoms with E-state index in [4.69, 9.17) is 12.2 Å². The standard InChI is InChI=1S/C19H15F3N2O2S3/c20-19(21,22)13-6-1-2-7-14(13)23-16(25)8-3-9-24-17(26)15(29-18(24)27)11-12-5-4-10-28-12/h1-2,4-7,10-11H,3,8-9H2,(H,23,25)/b15-11-. The van der Waals surface area contributed by atoms with Crippen LogP contribution in [0.4, 0.5) is 18.9 Å². The molecule has 1 aliphatic rings. The van der Waals surface area contributed by atoms with Gasteiger partial charge in [0.2, 0.25) is 5.91 Å². The summed E-state index contributed by atoms with van der Waals surface area (Å²) >= 11 is 7.94. The molecule has 3 rings (SSSR count). The summed E-state index contributed by atoms with van der Waals surface area (Å²) in [5.74, 6) is -0.780. The van der Waals surface area contributed by atoms with Crippen molar-refractivity contribution in [3.63, 3.8) is 0 Å². The first-order valence-corrected chi connectivity index (χ1v) is 10.6. The number of thioether (sulfide) groups is 1. The van der Waals surface area contributed by atoms with E-state index >= 15 is 0 Å². The van der Waals surface area contributed by atoms with Gasteiger partial charge in [0.15, 0.2) is 0 Å². The Bertz CT molecular complexity index is 956. The summed E-state index contributed by atoms with van der Waals surface area (Å²) in [5.41, 5.74) is -1.18. The second kappa shape index (κ2) is 9.10. The number of nitrogens with zero attached hydrogens (tertiary/aromatic N) is 1. The number of hydrogen-bond acceptors (Lipinski definition) is 5. The van der Waals surface area contributed by atoms with E-state index in [1.165, 1.54) is 46.2 Å². The molecule has 0 atom stereocenters. The van der Waals surface area contributed by atoms with Gasteiger partial charge in [0.1, 0.15) is 4.32 Å². The molecule has 1 saturated heterocycles. The summed E-state index contributed by atoms with van der Waals surface area (Å²) in [5, 5.41) is 4.20. The summed E-state index contributed by atoms with van der Waals surface area (Å²) in [6.07, 6.45) is -2.54. The van der Waals surface area contributed by atoms with Crippen molar-refractivity contribution in [2.75, 3.05) is 11.9 Å². The number of thiocarbonyl (C=S) groups is 1. The number of nitrogens with one attached hydrogen (secondary N) is 1. The topological polar surface area (TPSA) is 49.4 Å². The largest absolute Gasteiger partial charge is 0.418 e. The predicted octanol–water partition coefficient (Wildman–Crippen LogP) is 5.39. The van der Waals surface area contributed by atoms with Gasteiger partial charge in [-0.15, -0.1) is 11.3 Å². The first kappa shape index (κ1) is 21.5. The highest BCUT2D eigenvalue weighted by Crippen LogP contribution is 2.35. The second-order valence-corrected chi connectivity index (χ2v) is 8.70. The number of thiophene rings is 1. The van der Waals surface area contributed by atoms with Gasteiger partial charge in [-0.1, -0.05) is 42.2 Å². The lowest BCUT2D eigenvalue weighted by Gasteiger charge is -2.15. The van der Waals surface area contributed by atoms with E-state index in [2.05, 4.69) is 5.32 Å². The molecule has 0 unspecified atom stereocenters. The van der Waals surface area contributed by atoms with E-state index in [9.17, 15) is 22.8 Å².